The first-order chi connectivity index (χ1) is 5.74. The summed E-state index contributed by atoms with van der Waals surface area (Å²) in [5.41, 5.74) is 0. The molecule has 0 heterocycles. The van der Waals surface area contributed by atoms with E-state index in [9.17, 15) is 0 Å². The Morgan fingerprint density at radius 1 is 0.667 bits per heavy atom. The van der Waals surface area contributed by atoms with Gasteiger partial charge in [-0.05, 0) is 12.8 Å². The molecule has 0 radical (unpaired) electrons. The predicted molar refractivity (Wildman–Crippen MR) is 80.6 cm³/mol. The SMILES string of the molecule is C.C.C.C.C.C.N=C=O.N=C=O.OCCCCO. The van der Waals surface area contributed by atoms with Crippen LogP contribution in [0.4, 0.5) is 0 Å². The maximum Gasteiger partial charge on any atom is 0.231 e. The van der Waals surface area contributed by atoms with E-state index in [2.05, 4.69) is 0 Å². The quantitative estimate of drug-likeness (QED) is 0.357. The third-order valence-electron chi connectivity index (χ3n) is 0.566. The highest BCUT2D eigenvalue weighted by atomic mass is 16.3. The molecule has 0 bridgehead atoms. The molecule has 18 heavy (non-hydrogen) atoms. The van der Waals surface area contributed by atoms with Gasteiger partial charge in [0.05, 0.1) is 0 Å². The van der Waals surface area contributed by atoms with E-state index in [0.717, 1.165) is 25.0 Å². The van der Waals surface area contributed by atoms with Gasteiger partial charge in [-0.15, -0.1) is 0 Å². The highest BCUT2D eigenvalue weighted by Crippen LogP contribution is 1.80. The highest BCUT2D eigenvalue weighted by Gasteiger charge is 1.77. The van der Waals surface area contributed by atoms with Crippen LogP contribution in [0.1, 0.15) is 57.4 Å². The highest BCUT2D eigenvalue weighted by molar-refractivity contribution is 5.26. The molecule has 6 nitrogen and oxygen atoms in total. The Balaban J connectivity index is -0.00000000879. The lowest BCUT2D eigenvalue weighted by molar-refractivity contribution is 0.242. The van der Waals surface area contributed by atoms with Gasteiger partial charge in [-0.1, -0.05) is 44.6 Å². The van der Waals surface area contributed by atoms with Crippen LogP contribution in [0.25, 0.3) is 0 Å². The largest absolute Gasteiger partial charge is 0.396 e. The van der Waals surface area contributed by atoms with Crippen molar-refractivity contribution >= 4 is 12.2 Å². The Hall–Kier alpha value is -1.32. The molecule has 0 fully saturated rings. The van der Waals surface area contributed by atoms with E-state index >= 15 is 0 Å². The lowest BCUT2D eigenvalue weighted by Crippen LogP contribution is -1.85. The third-order valence-corrected chi connectivity index (χ3v) is 0.566. The van der Waals surface area contributed by atoms with Crippen LogP contribution in [-0.2, 0) is 9.59 Å². The van der Waals surface area contributed by atoms with Gasteiger partial charge in [0.25, 0.3) is 0 Å². The Morgan fingerprint density at radius 3 is 0.833 bits per heavy atom. The summed E-state index contributed by atoms with van der Waals surface area (Å²) in [6.07, 6.45) is 2.94. The molecule has 0 saturated carbocycles. The van der Waals surface area contributed by atoms with Crippen LogP contribution in [0.2, 0.25) is 0 Å². The number of rotatable bonds is 3. The molecule has 4 N–H and O–H groups in total. The van der Waals surface area contributed by atoms with Crippen LogP contribution >= 0.6 is 0 Å². The van der Waals surface area contributed by atoms with Gasteiger partial charge >= 0.3 is 0 Å². The second-order valence-corrected chi connectivity index (χ2v) is 1.36. The summed E-state index contributed by atoms with van der Waals surface area (Å²) < 4.78 is 0. The Bertz CT molecular complexity index is 114. The first-order valence-corrected chi connectivity index (χ1v) is 3.04. The molecule has 0 saturated heterocycles. The van der Waals surface area contributed by atoms with Crippen LogP contribution in [-0.4, -0.2) is 35.6 Å². The molecule has 0 rings (SSSR count). The van der Waals surface area contributed by atoms with Crippen LogP contribution in [0.15, 0.2) is 0 Å². The van der Waals surface area contributed by atoms with Crippen LogP contribution in [0.5, 0.6) is 0 Å². The lowest BCUT2D eigenvalue weighted by atomic mass is 10.3. The number of unbranched alkanes of at least 4 members (excludes halogenated alkanes) is 1. The molecule has 0 unspecified atom stereocenters. The second-order valence-electron chi connectivity index (χ2n) is 1.36. The number of isocyanates is 2. The van der Waals surface area contributed by atoms with Crippen molar-refractivity contribution in [3.05, 3.63) is 0 Å². The van der Waals surface area contributed by atoms with E-state index in [4.69, 9.17) is 30.6 Å². The molecule has 0 aliphatic rings. The van der Waals surface area contributed by atoms with Gasteiger partial charge in [0.1, 0.15) is 0 Å². The average molecular weight is 272 g/mol. The maximum atomic E-state index is 8.35. The van der Waals surface area contributed by atoms with Gasteiger partial charge in [0.15, 0.2) is 0 Å². The topological polar surface area (TPSA) is 122 Å². The lowest BCUT2D eigenvalue weighted by Gasteiger charge is -1.85. The Labute approximate surface area is 114 Å². The van der Waals surface area contributed by atoms with Gasteiger partial charge < -0.3 is 10.2 Å². The van der Waals surface area contributed by atoms with E-state index in [1.54, 1.807) is 0 Å². The van der Waals surface area contributed by atoms with Crippen LogP contribution in [0.3, 0.4) is 0 Å². The fourth-order valence-corrected chi connectivity index (χ4v) is 0.224. The zero-order valence-corrected chi connectivity index (χ0v) is 6.54. The van der Waals surface area contributed by atoms with Crippen molar-refractivity contribution in [1.82, 2.24) is 0 Å². The molecule has 6 heteroatoms. The Morgan fingerprint density at radius 2 is 0.778 bits per heavy atom. The van der Waals surface area contributed by atoms with Crippen LogP contribution in [0, 0.1) is 10.8 Å². The summed E-state index contributed by atoms with van der Waals surface area (Å²) in [7, 11) is 0. The molecule has 0 atom stereocenters. The first kappa shape index (κ1) is 69.5. The van der Waals surface area contributed by atoms with E-state index < -0.39 is 0 Å². The monoisotopic (exact) mass is 272 g/mol. The molecule has 0 aromatic heterocycles. The van der Waals surface area contributed by atoms with Crippen molar-refractivity contribution in [2.24, 2.45) is 0 Å². The number of carbonyl (C=O) groups excluding carboxylic acids is 2. The molecule has 0 amide bonds. The van der Waals surface area contributed by atoms with E-state index in [1.165, 1.54) is 0 Å². The molecule has 0 aliphatic carbocycles. The first-order valence-electron chi connectivity index (χ1n) is 3.04. The molecule has 0 aromatic rings. The standard InChI is InChI=1S/C4H10O2.2CHNO.6CH4/c5-3-1-2-4-6;2*2-1-3;;;;;;/h5-6H,1-4H2;2*2H;6*1H4. The van der Waals surface area contributed by atoms with Gasteiger partial charge in [-0.25, -0.2) is 20.4 Å². The minimum atomic E-state index is 0. The smallest absolute Gasteiger partial charge is 0.231 e. The number of nitrogens with one attached hydrogen (secondary N) is 2. The van der Waals surface area contributed by atoms with Crippen molar-refractivity contribution in [3.8, 4) is 0 Å². The molecule has 0 aliphatic heterocycles. The summed E-state index contributed by atoms with van der Waals surface area (Å²) in [5.74, 6) is 0. The van der Waals surface area contributed by atoms with Gasteiger partial charge in [-0.3, -0.25) is 0 Å². The summed E-state index contributed by atoms with van der Waals surface area (Å²) in [6.45, 7) is 0.390. The predicted octanol–water partition coefficient (Wildman–Crippen LogP) is 3.37. The summed E-state index contributed by atoms with van der Waals surface area (Å²) >= 11 is 0. The molecule has 0 aromatic carbocycles. The van der Waals surface area contributed by atoms with E-state index in [-0.39, 0.29) is 57.8 Å². The fraction of sp³-hybridized carbons (Fsp3) is 0.833. The number of hydrogen-bond acceptors (Lipinski definition) is 6. The zero-order chi connectivity index (χ0) is 10.2. The van der Waals surface area contributed by atoms with Crippen molar-refractivity contribution < 1.29 is 19.8 Å². The van der Waals surface area contributed by atoms with Gasteiger partial charge in [0, 0.05) is 13.2 Å². The number of aliphatic hydroxyl groups excluding tert-OH is 2. The van der Waals surface area contributed by atoms with E-state index in [1.807, 2.05) is 0 Å². The molecular weight excluding hydrogens is 236 g/mol. The fourth-order valence-electron chi connectivity index (χ4n) is 0.224. The number of aliphatic hydroxyl groups is 2. The third kappa shape index (κ3) is 973. The van der Waals surface area contributed by atoms with Crippen molar-refractivity contribution in [2.75, 3.05) is 13.2 Å². The minimum absolute atomic E-state index is 0. The number of hydrogen-bond donors (Lipinski definition) is 4. The van der Waals surface area contributed by atoms with Gasteiger partial charge in [0.2, 0.25) is 12.2 Å². The Kier molecular flexibility index (Phi) is 596. The summed E-state index contributed by atoms with van der Waals surface area (Å²) in [5, 5.41) is 27.0. The van der Waals surface area contributed by atoms with Gasteiger partial charge in [-0.2, -0.15) is 0 Å². The van der Waals surface area contributed by atoms with Crippen LogP contribution < -0.4 is 0 Å². The molecule has 0 spiro atoms. The normalized spacial score (nSPS) is 3.89. The molecule has 118 valence electrons. The minimum Gasteiger partial charge on any atom is -0.396 e. The van der Waals surface area contributed by atoms with Crippen molar-refractivity contribution in [2.45, 2.75) is 57.4 Å². The van der Waals surface area contributed by atoms with Crippen molar-refractivity contribution in [1.29, 1.82) is 10.8 Å². The summed E-state index contributed by atoms with van der Waals surface area (Å²) in [4.78, 5) is 16.7. The zero-order valence-electron chi connectivity index (χ0n) is 6.54. The average Bonchev–Trinajstić information content (AvgIpc) is 2.04. The van der Waals surface area contributed by atoms with Crippen molar-refractivity contribution in [3.63, 3.8) is 0 Å². The van der Waals surface area contributed by atoms with E-state index in [0.29, 0.717) is 0 Å². The molecular formula is C12H36N2O4. The second kappa shape index (κ2) is 154. The summed E-state index contributed by atoms with van der Waals surface area (Å²) in [6, 6.07) is 0. The maximum absolute atomic E-state index is 8.35.